The molecule has 0 saturated carbocycles. The monoisotopic (exact) mass is 292 g/mol. The first-order valence-electron chi connectivity index (χ1n) is 6.59. The van der Waals surface area contributed by atoms with Crippen molar-refractivity contribution in [1.82, 2.24) is 20.4 Å². The summed E-state index contributed by atoms with van der Waals surface area (Å²) in [5, 5.41) is 6.42. The number of carbonyl (C=O) groups excluding carboxylic acids is 1. The van der Waals surface area contributed by atoms with Crippen LogP contribution in [0.1, 0.15) is 17.1 Å². The molecule has 1 aromatic carbocycles. The van der Waals surface area contributed by atoms with Gasteiger partial charge in [-0.15, -0.1) is 0 Å². The molecule has 0 aliphatic carbocycles. The molecule has 0 atom stereocenters. The predicted octanol–water partition coefficient (Wildman–Crippen LogP) is 1.56. The van der Waals surface area contributed by atoms with Crippen molar-refractivity contribution in [3.05, 3.63) is 36.0 Å². The van der Waals surface area contributed by atoms with Gasteiger partial charge < -0.3 is 14.7 Å². The maximum atomic E-state index is 12.8. The molecule has 2 rings (SSSR count). The van der Waals surface area contributed by atoms with Crippen molar-refractivity contribution in [3.63, 3.8) is 0 Å². The summed E-state index contributed by atoms with van der Waals surface area (Å²) in [4.78, 5) is 17.8. The van der Waals surface area contributed by atoms with Crippen LogP contribution in [0.3, 0.4) is 0 Å². The highest BCUT2D eigenvalue weighted by Crippen LogP contribution is 2.15. The van der Waals surface area contributed by atoms with Crippen molar-refractivity contribution in [3.8, 4) is 11.4 Å². The Kier molecular flexibility index (Phi) is 4.99. The molecule has 21 heavy (non-hydrogen) atoms. The molecule has 0 saturated heterocycles. The topological polar surface area (TPSA) is 71.3 Å². The number of amides is 1. The van der Waals surface area contributed by atoms with E-state index in [1.807, 2.05) is 19.0 Å². The largest absolute Gasteiger partial charge is 0.348 e. The Morgan fingerprint density at radius 2 is 2.05 bits per heavy atom. The summed E-state index contributed by atoms with van der Waals surface area (Å²) >= 11 is 0. The third kappa shape index (κ3) is 4.35. The molecule has 1 aromatic heterocycles. The number of nitrogens with zero attached hydrogens (tertiary/aromatic N) is 3. The molecule has 1 amide bonds. The molecule has 112 valence electrons. The van der Waals surface area contributed by atoms with E-state index >= 15 is 0 Å². The lowest BCUT2D eigenvalue weighted by molar-refractivity contribution is 0.0908. The lowest BCUT2D eigenvalue weighted by atomic mass is 10.2. The highest BCUT2D eigenvalue weighted by atomic mass is 19.1. The number of hydrogen-bond donors (Lipinski definition) is 1. The highest BCUT2D eigenvalue weighted by molar-refractivity contribution is 5.89. The summed E-state index contributed by atoms with van der Waals surface area (Å²) in [5.74, 6) is -0.594. The van der Waals surface area contributed by atoms with Gasteiger partial charge in [0.1, 0.15) is 5.82 Å². The van der Waals surface area contributed by atoms with E-state index in [1.165, 1.54) is 24.3 Å². The summed E-state index contributed by atoms with van der Waals surface area (Å²) in [7, 11) is 3.93. The normalized spacial score (nSPS) is 10.9. The Labute approximate surface area is 121 Å². The van der Waals surface area contributed by atoms with Gasteiger partial charge in [-0.05, 0) is 51.3 Å². The summed E-state index contributed by atoms with van der Waals surface area (Å²) in [5.41, 5.74) is 0.590. The fourth-order valence-corrected chi connectivity index (χ4v) is 1.70. The Bertz CT molecular complexity index is 595. The van der Waals surface area contributed by atoms with E-state index in [-0.39, 0.29) is 17.5 Å². The quantitative estimate of drug-likeness (QED) is 0.818. The van der Waals surface area contributed by atoms with Gasteiger partial charge in [-0.25, -0.2) is 4.39 Å². The van der Waals surface area contributed by atoms with Crippen LogP contribution in [0.4, 0.5) is 4.39 Å². The minimum Gasteiger partial charge on any atom is -0.348 e. The first-order valence-corrected chi connectivity index (χ1v) is 6.59. The Balaban J connectivity index is 1.93. The molecular weight excluding hydrogens is 275 g/mol. The molecule has 0 aliphatic heterocycles. The van der Waals surface area contributed by atoms with Crippen LogP contribution in [0, 0.1) is 5.82 Å². The Hall–Kier alpha value is -2.28. The van der Waals surface area contributed by atoms with Crippen LogP contribution in [0.15, 0.2) is 28.8 Å². The van der Waals surface area contributed by atoms with Crippen molar-refractivity contribution in [1.29, 1.82) is 0 Å². The number of nitrogens with one attached hydrogen (secondary N) is 1. The standard InChI is InChI=1S/C14H17FN4O2/c1-19(2)9-3-8-16-13(20)14-17-12(18-21-14)10-4-6-11(15)7-5-10/h4-7H,3,8-9H2,1-2H3,(H,16,20). The summed E-state index contributed by atoms with van der Waals surface area (Å²) in [6, 6.07) is 5.65. The minimum atomic E-state index is -0.408. The van der Waals surface area contributed by atoms with E-state index in [0.29, 0.717) is 12.1 Å². The fourth-order valence-electron chi connectivity index (χ4n) is 1.70. The van der Waals surface area contributed by atoms with E-state index in [2.05, 4.69) is 15.5 Å². The van der Waals surface area contributed by atoms with Gasteiger partial charge in [-0.2, -0.15) is 4.98 Å². The minimum absolute atomic E-state index is 0.0980. The van der Waals surface area contributed by atoms with E-state index in [9.17, 15) is 9.18 Å². The molecule has 1 N–H and O–H groups in total. The number of carbonyl (C=O) groups is 1. The third-order valence-electron chi connectivity index (χ3n) is 2.79. The Morgan fingerprint density at radius 1 is 1.33 bits per heavy atom. The molecule has 0 bridgehead atoms. The summed E-state index contributed by atoms with van der Waals surface area (Å²) < 4.78 is 17.7. The zero-order valence-corrected chi connectivity index (χ0v) is 12.0. The summed E-state index contributed by atoms with van der Waals surface area (Å²) in [6.07, 6.45) is 0.831. The molecule has 0 radical (unpaired) electrons. The van der Waals surface area contributed by atoms with Gasteiger partial charge >= 0.3 is 11.8 Å². The number of rotatable bonds is 6. The fraction of sp³-hybridized carbons (Fsp3) is 0.357. The van der Waals surface area contributed by atoms with Crippen LogP contribution in [0.5, 0.6) is 0 Å². The smallest absolute Gasteiger partial charge is 0.316 e. The van der Waals surface area contributed by atoms with Gasteiger partial charge in [0.15, 0.2) is 0 Å². The average molecular weight is 292 g/mol. The molecule has 7 heteroatoms. The van der Waals surface area contributed by atoms with Crippen molar-refractivity contribution >= 4 is 5.91 Å². The van der Waals surface area contributed by atoms with E-state index < -0.39 is 5.91 Å². The molecule has 0 unspecified atom stereocenters. The second kappa shape index (κ2) is 6.94. The molecule has 0 aliphatic rings. The lowest BCUT2D eigenvalue weighted by Gasteiger charge is -2.08. The van der Waals surface area contributed by atoms with Gasteiger partial charge in [0, 0.05) is 12.1 Å². The number of benzene rings is 1. The van der Waals surface area contributed by atoms with Crippen molar-refractivity contribution in [2.24, 2.45) is 0 Å². The van der Waals surface area contributed by atoms with Gasteiger partial charge in [-0.1, -0.05) is 5.16 Å². The molecule has 6 nitrogen and oxygen atoms in total. The molecule has 0 fully saturated rings. The number of halogens is 1. The maximum Gasteiger partial charge on any atom is 0.316 e. The number of aromatic nitrogens is 2. The van der Waals surface area contributed by atoms with E-state index in [1.54, 1.807) is 0 Å². The first kappa shape index (κ1) is 15.1. The van der Waals surface area contributed by atoms with Crippen LogP contribution in [-0.4, -0.2) is 48.1 Å². The van der Waals surface area contributed by atoms with Crippen LogP contribution in [0.25, 0.3) is 11.4 Å². The van der Waals surface area contributed by atoms with Gasteiger partial charge in [0.2, 0.25) is 5.82 Å². The summed E-state index contributed by atoms with van der Waals surface area (Å²) in [6.45, 7) is 1.41. The zero-order valence-electron chi connectivity index (χ0n) is 12.0. The Morgan fingerprint density at radius 3 is 2.71 bits per heavy atom. The SMILES string of the molecule is CN(C)CCCNC(=O)c1nc(-c2ccc(F)cc2)no1. The van der Waals surface area contributed by atoms with Gasteiger partial charge in [0.05, 0.1) is 0 Å². The average Bonchev–Trinajstić information content (AvgIpc) is 2.94. The van der Waals surface area contributed by atoms with Gasteiger partial charge in [0.25, 0.3) is 0 Å². The predicted molar refractivity (Wildman–Crippen MR) is 75.2 cm³/mol. The van der Waals surface area contributed by atoms with Gasteiger partial charge in [-0.3, -0.25) is 4.79 Å². The van der Waals surface area contributed by atoms with Crippen molar-refractivity contribution in [2.45, 2.75) is 6.42 Å². The highest BCUT2D eigenvalue weighted by Gasteiger charge is 2.15. The van der Waals surface area contributed by atoms with E-state index in [4.69, 9.17) is 4.52 Å². The zero-order chi connectivity index (χ0) is 15.2. The van der Waals surface area contributed by atoms with Crippen molar-refractivity contribution < 1.29 is 13.7 Å². The second-order valence-electron chi connectivity index (χ2n) is 4.84. The molecule has 1 heterocycles. The number of hydrogen-bond acceptors (Lipinski definition) is 5. The third-order valence-corrected chi connectivity index (χ3v) is 2.79. The first-order chi connectivity index (χ1) is 10.1. The van der Waals surface area contributed by atoms with Crippen LogP contribution in [0.2, 0.25) is 0 Å². The molecule has 2 aromatic rings. The molecular formula is C14H17FN4O2. The molecule has 0 spiro atoms. The van der Waals surface area contributed by atoms with E-state index in [0.717, 1.165) is 13.0 Å². The maximum absolute atomic E-state index is 12.8. The van der Waals surface area contributed by atoms with Crippen LogP contribution >= 0.6 is 0 Å². The lowest BCUT2D eigenvalue weighted by Crippen LogP contribution is -2.27. The second-order valence-corrected chi connectivity index (χ2v) is 4.84. The van der Waals surface area contributed by atoms with Crippen molar-refractivity contribution in [2.75, 3.05) is 27.2 Å². The van der Waals surface area contributed by atoms with Crippen LogP contribution < -0.4 is 5.32 Å². The van der Waals surface area contributed by atoms with Crippen LogP contribution in [-0.2, 0) is 0 Å².